The third-order valence-electron chi connectivity index (χ3n) is 3.39. The minimum Gasteiger partial charge on any atom is -0.391 e. The molecule has 1 fully saturated rings. The van der Waals surface area contributed by atoms with Crippen LogP contribution < -0.4 is 11.1 Å². The highest BCUT2D eigenvalue weighted by molar-refractivity contribution is 5.59. The van der Waals surface area contributed by atoms with E-state index in [-0.39, 0.29) is 23.4 Å². The Balaban J connectivity index is 2.21. The first kappa shape index (κ1) is 13.5. The summed E-state index contributed by atoms with van der Waals surface area (Å²) >= 11 is 0. The molecule has 1 heterocycles. The summed E-state index contributed by atoms with van der Waals surface area (Å²) in [5, 5.41) is 23.9. The monoisotopic (exact) mass is 266 g/mol. The van der Waals surface area contributed by atoms with Crippen molar-refractivity contribution in [2.75, 3.05) is 11.1 Å². The minimum atomic E-state index is -0.509. The molecule has 0 aromatic carbocycles. The van der Waals surface area contributed by atoms with E-state index < -0.39 is 11.0 Å². The van der Waals surface area contributed by atoms with Crippen molar-refractivity contribution in [2.45, 2.75) is 44.2 Å². The van der Waals surface area contributed by atoms with Gasteiger partial charge in [-0.1, -0.05) is 19.3 Å². The number of aliphatic hydroxyl groups excluding tert-OH is 1. The van der Waals surface area contributed by atoms with Gasteiger partial charge in [-0.3, -0.25) is 10.1 Å². The smallest absolute Gasteiger partial charge is 0.311 e. The van der Waals surface area contributed by atoms with E-state index in [1.54, 1.807) is 0 Å². The van der Waals surface area contributed by atoms with Gasteiger partial charge in [-0.25, -0.2) is 4.98 Å². The van der Waals surface area contributed by atoms with Gasteiger partial charge >= 0.3 is 5.69 Å². The molecule has 0 aliphatic heterocycles. The third kappa shape index (κ3) is 3.31. The average Bonchev–Trinajstić information content (AvgIpc) is 2.55. The van der Waals surface area contributed by atoms with Crippen LogP contribution in [0.1, 0.15) is 32.1 Å². The van der Waals surface area contributed by atoms with Crippen LogP contribution in [-0.4, -0.2) is 27.2 Å². The van der Waals surface area contributed by atoms with Crippen LogP contribution >= 0.6 is 0 Å². The van der Waals surface area contributed by atoms with Crippen LogP contribution in [0.5, 0.6) is 0 Å². The molecular formula is C12H18N4O3. The molecule has 0 bridgehead atoms. The highest BCUT2D eigenvalue weighted by Crippen LogP contribution is 2.27. The number of anilines is 2. The quantitative estimate of drug-likeness (QED) is 0.435. The molecule has 7 nitrogen and oxygen atoms in total. The Kier molecular flexibility index (Phi) is 4.16. The normalized spacial score (nSPS) is 23.6. The third-order valence-corrected chi connectivity index (χ3v) is 3.39. The lowest BCUT2D eigenvalue weighted by atomic mass is 10.1. The van der Waals surface area contributed by atoms with E-state index >= 15 is 0 Å². The summed E-state index contributed by atoms with van der Waals surface area (Å²) in [6.07, 6.45) is 4.01. The topological polar surface area (TPSA) is 114 Å². The molecule has 2 rings (SSSR count). The van der Waals surface area contributed by atoms with Crippen molar-refractivity contribution in [1.82, 2.24) is 4.98 Å². The van der Waals surface area contributed by atoms with Crippen LogP contribution in [0.2, 0.25) is 0 Å². The molecule has 2 atom stereocenters. The number of rotatable bonds is 3. The Labute approximate surface area is 111 Å². The van der Waals surface area contributed by atoms with Gasteiger partial charge in [0.15, 0.2) is 0 Å². The van der Waals surface area contributed by atoms with Crippen LogP contribution in [0.3, 0.4) is 0 Å². The molecule has 2 unspecified atom stereocenters. The Bertz CT molecular complexity index is 466. The molecule has 0 amide bonds. The number of hydrogen-bond donors (Lipinski definition) is 3. The number of nitrogens with two attached hydrogens (primary N) is 1. The zero-order chi connectivity index (χ0) is 13.8. The van der Waals surface area contributed by atoms with E-state index in [1.807, 2.05) is 0 Å². The van der Waals surface area contributed by atoms with Gasteiger partial charge in [-0.2, -0.15) is 0 Å². The van der Waals surface area contributed by atoms with Crippen LogP contribution in [0.4, 0.5) is 17.3 Å². The minimum absolute atomic E-state index is 0.120. The summed E-state index contributed by atoms with van der Waals surface area (Å²) in [6.45, 7) is 0. The van der Waals surface area contributed by atoms with E-state index in [0.717, 1.165) is 25.7 Å². The second-order valence-corrected chi connectivity index (χ2v) is 4.82. The summed E-state index contributed by atoms with van der Waals surface area (Å²) in [5.74, 6) is 0.354. The molecule has 0 saturated heterocycles. The molecule has 1 aromatic rings. The van der Waals surface area contributed by atoms with Crippen molar-refractivity contribution in [1.29, 1.82) is 0 Å². The predicted molar refractivity (Wildman–Crippen MR) is 71.8 cm³/mol. The molecular weight excluding hydrogens is 248 g/mol. The molecule has 1 aliphatic rings. The highest BCUT2D eigenvalue weighted by Gasteiger charge is 2.25. The van der Waals surface area contributed by atoms with Gasteiger partial charge in [0.05, 0.1) is 17.1 Å². The van der Waals surface area contributed by atoms with Gasteiger partial charge in [-0.15, -0.1) is 0 Å². The van der Waals surface area contributed by atoms with Crippen molar-refractivity contribution in [3.05, 3.63) is 22.2 Å². The number of hydrogen-bond acceptors (Lipinski definition) is 6. The molecule has 1 saturated carbocycles. The Morgan fingerprint density at radius 1 is 1.37 bits per heavy atom. The fourth-order valence-corrected chi connectivity index (χ4v) is 2.35. The Morgan fingerprint density at radius 2 is 2.11 bits per heavy atom. The average molecular weight is 266 g/mol. The number of pyridine rings is 1. The van der Waals surface area contributed by atoms with Crippen molar-refractivity contribution in [3.63, 3.8) is 0 Å². The van der Waals surface area contributed by atoms with E-state index in [2.05, 4.69) is 10.3 Å². The van der Waals surface area contributed by atoms with Gasteiger partial charge in [0, 0.05) is 6.07 Å². The predicted octanol–water partition coefficient (Wildman–Crippen LogP) is 1.68. The van der Waals surface area contributed by atoms with Crippen LogP contribution in [0.15, 0.2) is 12.1 Å². The lowest BCUT2D eigenvalue weighted by Gasteiger charge is -2.22. The second-order valence-electron chi connectivity index (χ2n) is 4.82. The van der Waals surface area contributed by atoms with Gasteiger partial charge in [-0.05, 0) is 18.9 Å². The fraction of sp³-hybridized carbons (Fsp3) is 0.583. The first-order valence-corrected chi connectivity index (χ1v) is 6.43. The number of aromatic nitrogens is 1. The zero-order valence-electron chi connectivity index (χ0n) is 10.6. The van der Waals surface area contributed by atoms with Gasteiger partial charge < -0.3 is 16.2 Å². The van der Waals surface area contributed by atoms with Crippen molar-refractivity contribution >= 4 is 17.3 Å². The maximum absolute atomic E-state index is 10.9. The Morgan fingerprint density at radius 3 is 2.84 bits per heavy atom. The number of aliphatic hydroxyl groups is 1. The number of nitrogens with one attached hydrogen (secondary N) is 1. The van der Waals surface area contributed by atoms with Gasteiger partial charge in [0.25, 0.3) is 0 Å². The fourth-order valence-electron chi connectivity index (χ4n) is 2.35. The Hall–Kier alpha value is -1.89. The highest BCUT2D eigenvalue weighted by atomic mass is 16.6. The van der Waals surface area contributed by atoms with Crippen LogP contribution in [0, 0.1) is 10.1 Å². The maximum atomic E-state index is 10.9. The lowest BCUT2D eigenvalue weighted by Crippen LogP contribution is -2.33. The van der Waals surface area contributed by atoms with E-state index in [9.17, 15) is 15.2 Å². The number of nitrogen functional groups attached to an aromatic ring is 1. The molecule has 1 aliphatic carbocycles. The largest absolute Gasteiger partial charge is 0.391 e. The van der Waals surface area contributed by atoms with Crippen molar-refractivity contribution in [2.24, 2.45) is 0 Å². The molecule has 1 aromatic heterocycles. The van der Waals surface area contributed by atoms with E-state index in [1.165, 1.54) is 12.1 Å². The molecule has 7 heteroatoms. The second kappa shape index (κ2) is 5.83. The molecule has 0 spiro atoms. The summed E-state index contributed by atoms with van der Waals surface area (Å²) in [6, 6.07) is 2.51. The molecule has 19 heavy (non-hydrogen) atoms. The molecule has 4 N–H and O–H groups in total. The zero-order valence-corrected chi connectivity index (χ0v) is 10.6. The maximum Gasteiger partial charge on any atom is 0.311 e. The van der Waals surface area contributed by atoms with Crippen molar-refractivity contribution < 1.29 is 10.0 Å². The first-order valence-electron chi connectivity index (χ1n) is 6.43. The SMILES string of the molecule is Nc1ccc([N+](=O)[O-])c(NC2CCCCCC2O)n1. The van der Waals surface area contributed by atoms with Crippen molar-refractivity contribution in [3.8, 4) is 0 Å². The summed E-state index contributed by atoms with van der Waals surface area (Å²) in [5.41, 5.74) is 5.44. The summed E-state index contributed by atoms with van der Waals surface area (Å²) in [4.78, 5) is 14.4. The lowest BCUT2D eigenvalue weighted by molar-refractivity contribution is -0.384. The van der Waals surface area contributed by atoms with E-state index in [4.69, 9.17) is 5.73 Å². The van der Waals surface area contributed by atoms with Gasteiger partial charge in [0.2, 0.25) is 5.82 Å². The summed E-state index contributed by atoms with van der Waals surface area (Å²) in [7, 11) is 0. The summed E-state index contributed by atoms with van der Waals surface area (Å²) < 4.78 is 0. The number of nitrogens with zero attached hydrogens (tertiary/aromatic N) is 2. The standard InChI is InChI=1S/C12H18N4O3/c13-11-7-6-9(16(18)19)12(15-11)14-8-4-2-1-3-5-10(8)17/h6-8,10,17H,1-5H2,(H3,13,14,15). The molecule has 104 valence electrons. The van der Waals surface area contributed by atoms with Gasteiger partial charge in [0.1, 0.15) is 5.82 Å². The van der Waals surface area contributed by atoms with Crippen LogP contribution in [-0.2, 0) is 0 Å². The molecule has 0 radical (unpaired) electrons. The number of nitro groups is 1. The first-order chi connectivity index (χ1) is 9.08. The van der Waals surface area contributed by atoms with E-state index in [0.29, 0.717) is 6.42 Å². The van der Waals surface area contributed by atoms with Crippen LogP contribution in [0.25, 0.3) is 0 Å².